The summed E-state index contributed by atoms with van der Waals surface area (Å²) < 4.78 is 0. The van der Waals surface area contributed by atoms with Gasteiger partial charge in [-0.2, -0.15) is 0 Å². The zero-order valence-electron chi connectivity index (χ0n) is 22.5. The molecule has 0 radical (unpaired) electrons. The van der Waals surface area contributed by atoms with E-state index in [9.17, 15) is 24.0 Å². The van der Waals surface area contributed by atoms with Crippen molar-refractivity contribution < 1.29 is 24.0 Å². The van der Waals surface area contributed by atoms with Gasteiger partial charge in [0, 0.05) is 12.6 Å². The molecule has 5 amide bonds. The van der Waals surface area contributed by atoms with Crippen LogP contribution < -0.4 is 21.7 Å². The summed E-state index contributed by atoms with van der Waals surface area (Å²) in [5, 5.41) is 8.53. The van der Waals surface area contributed by atoms with E-state index in [1.54, 1.807) is 4.90 Å². The smallest absolute Gasteiger partial charge is 0.315 e. The van der Waals surface area contributed by atoms with Crippen molar-refractivity contribution in [3.63, 3.8) is 0 Å². The molecule has 1 unspecified atom stereocenters. The zero-order valence-corrected chi connectivity index (χ0v) is 22.5. The number of nitrogens with zero attached hydrogens (tertiary/aromatic N) is 1. The van der Waals surface area contributed by atoms with Crippen molar-refractivity contribution in [3.8, 4) is 0 Å². The minimum absolute atomic E-state index is 0.00636. The van der Waals surface area contributed by atoms with Gasteiger partial charge < -0.3 is 26.6 Å². The maximum Gasteiger partial charge on any atom is 0.315 e. The molecule has 1 heterocycles. The normalized spacial score (nSPS) is 28.1. The molecule has 4 fully saturated rings. The van der Waals surface area contributed by atoms with Crippen LogP contribution in [0.15, 0.2) is 0 Å². The number of ketones is 1. The summed E-state index contributed by atoms with van der Waals surface area (Å²) in [7, 11) is 0. The Morgan fingerprint density at radius 3 is 2.16 bits per heavy atom. The topological polar surface area (TPSA) is 151 Å². The third-order valence-electron chi connectivity index (χ3n) is 9.00. The number of urea groups is 1. The number of fused-ring (bicyclic) bond motifs is 1. The van der Waals surface area contributed by atoms with Crippen molar-refractivity contribution >= 4 is 29.5 Å². The SMILES string of the molecule is CC(C)NC(=O)N[C@H](C(=O)N1C[C@H]2[C@@H]([C@H]1C(=O)NC(CC1CC1)C(=O)C(N)=O)C2(C)C)C1CCCCC1. The van der Waals surface area contributed by atoms with Crippen molar-refractivity contribution in [1.82, 2.24) is 20.9 Å². The number of rotatable bonds is 10. The highest BCUT2D eigenvalue weighted by molar-refractivity contribution is 6.37. The molecule has 0 aromatic heterocycles. The lowest BCUT2D eigenvalue weighted by Crippen LogP contribution is -2.60. The Kier molecular flexibility index (Phi) is 7.85. The molecule has 1 aliphatic heterocycles. The summed E-state index contributed by atoms with van der Waals surface area (Å²) in [6.45, 7) is 8.33. The van der Waals surface area contributed by atoms with Crippen LogP contribution in [0.25, 0.3) is 0 Å². The second kappa shape index (κ2) is 10.6. The molecule has 10 nitrogen and oxygen atoms in total. The molecule has 3 aliphatic carbocycles. The van der Waals surface area contributed by atoms with Crippen molar-refractivity contribution in [1.29, 1.82) is 0 Å². The lowest BCUT2D eigenvalue weighted by atomic mass is 9.83. The molecule has 10 heteroatoms. The molecule has 4 rings (SSSR count). The average Bonchev–Trinajstić information content (AvgIpc) is 3.68. The first kappa shape index (κ1) is 27.4. The van der Waals surface area contributed by atoms with E-state index in [-0.39, 0.29) is 41.1 Å². The van der Waals surface area contributed by atoms with Gasteiger partial charge in [-0.3, -0.25) is 19.2 Å². The Balaban J connectivity index is 1.55. The number of nitrogens with one attached hydrogen (secondary N) is 3. The fourth-order valence-electron chi connectivity index (χ4n) is 6.63. The van der Waals surface area contributed by atoms with Crippen molar-refractivity contribution in [2.45, 2.75) is 103 Å². The number of carbonyl (C=O) groups excluding carboxylic acids is 5. The predicted octanol–water partition coefficient (Wildman–Crippen LogP) is 1.47. The van der Waals surface area contributed by atoms with E-state index in [4.69, 9.17) is 5.73 Å². The lowest BCUT2D eigenvalue weighted by Gasteiger charge is -2.37. The first-order valence-corrected chi connectivity index (χ1v) is 13.9. The molecule has 0 bridgehead atoms. The highest BCUT2D eigenvalue weighted by Crippen LogP contribution is 2.65. The quantitative estimate of drug-likeness (QED) is 0.324. The average molecular weight is 518 g/mol. The summed E-state index contributed by atoms with van der Waals surface area (Å²) in [5.74, 6) is -2.10. The molecule has 37 heavy (non-hydrogen) atoms. The first-order chi connectivity index (χ1) is 17.4. The standard InChI is InChI=1S/C27H43N5O5/c1-14(2)29-26(37)31-20(16-8-6-5-7-9-16)25(36)32-13-17-19(27(17,3)4)21(32)24(35)30-18(12-15-10-11-15)22(33)23(28)34/h14-21H,5-13H2,1-4H3,(H2,28,34)(H,30,35)(H2,29,31,37)/t17-,18?,19-,20-,21-/m0/s1. The van der Waals surface area contributed by atoms with Gasteiger partial charge >= 0.3 is 6.03 Å². The molecule has 0 spiro atoms. The molecule has 3 saturated carbocycles. The van der Waals surface area contributed by atoms with E-state index in [1.165, 1.54) is 0 Å². The van der Waals surface area contributed by atoms with Gasteiger partial charge in [0.15, 0.2) is 0 Å². The number of hydrogen-bond donors (Lipinski definition) is 4. The molecule has 4 aliphatic rings. The maximum absolute atomic E-state index is 14.0. The van der Waals surface area contributed by atoms with Crippen LogP contribution in [0, 0.1) is 29.1 Å². The predicted molar refractivity (Wildman–Crippen MR) is 137 cm³/mol. The molecule has 206 valence electrons. The summed E-state index contributed by atoms with van der Waals surface area (Å²) in [6.07, 6.45) is 7.10. The number of primary amides is 1. The van der Waals surface area contributed by atoms with Crippen molar-refractivity contribution in [2.75, 3.05) is 6.54 Å². The summed E-state index contributed by atoms with van der Waals surface area (Å²) in [4.78, 5) is 66.1. The minimum Gasteiger partial charge on any atom is -0.363 e. The van der Waals surface area contributed by atoms with Gasteiger partial charge in [-0.1, -0.05) is 46.0 Å². The number of likely N-dealkylation sites (tertiary alicyclic amines) is 1. The van der Waals surface area contributed by atoms with Crippen molar-refractivity contribution in [3.05, 3.63) is 0 Å². The highest BCUT2D eigenvalue weighted by atomic mass is 16.2. The van der Waals surface area contributed by atoms with E-state index in [0.29, 0.717) is 18.9 Å². The van der Waals surface area contributed by atoms with Crippen LogP contribution in [-0.4, -0.2) is 65.1 Å². The van der Waals surface area contributed by atoms with Gasteiger partial charge in [0.25, 0.3) is 5.91 Å². The minimum atomic E-state index is -1.06. The van der Waals surface area contributed by atoms with Gasteiger partial charge in [0.05, 0.1) is 6.04 Å². The number of carbonyl (C=O) groups is 5. The van der Waals surface area contributed by atoms with Crippen LogP contribution in [0.5, 0.6) is 0 Å². The monoisotopic (exact) mass is 517 g/mol. The molecule has 0 aromatic rings. The molecule has 5 N–H and O–H groups in total. The van der Waals surface area contributed by atoms with Gasteiger partial charge in [0.2, 0.25) is 17.6 Å². The second-order valence-electron chi connectivity index (χ2n) is 12.5. The van der Waals surface area contributed by atoms with Crippen LogP contribution in [0.3, 0.4) is 0 Å². The van der Waals surface area contributed by atoms with Gasteiger partial charge in [0.1, 0.15) is 12.1 Å². The Morgan fingerprint density at radius 2 is 1.59 bits per heavy atom. The van der Waals surface area contributed by atoms with Crippen LogP contribution in [-0.2, 0) is 19.2 Å². The number of nitrogens with two attached hydrogens (primary N) is 1. The van der Waals surface area contributed by atoms with Gasteiger partial charge in [-0.15, -0.1) is 0 Å². The highest BCUT2D eigenvalue weighted by Gasteiger charge is 2.69. The maximum atomic E-state index is 14.0. The fourth-order valence-corrected chi connectivity index (χ4v) is 6.63. The number of amides is 5. The molecule has 1 saturated heterocycles. The molecular formula is C27H43N5O5. The number of Topliss-reactive ketones (excluding diaryl/α,β-unsaturated/α-hetero) is 1. The van der Waals surface area contributed by atoms with E-state index < -0.39 is 35.7 Å². The molecule has 0 aromatic carbocycles. The Labute approximate surface area is 219 Å². The van der Waals surface area contributed by atoms with Gasteiger partial charge in [-0.05, 0) is 62.2 Å². The van der Waals surface area contributed by atoms with Crippen LogP contribution >= 0.6 is 0 Å². The van der Waals surface area contributed by atoms with Crippen LogP contribution in [0.4, 0.5) is 4.79 Å². The third kappa shape index (κ3) is 5.93. The molecular weight excluding hydrogens is 474 g/mol. The second-order valence-corrected chi connectivity index (χ2v) is 12.5. The Hall–Kier alpha value is -2.65. The van der Waals surface area contributed by atoms with Crippen LogP contribution in [0.2, 0.25) is 0 Å². The largest absolute Gasteiger partial charge is 0.363 e. The van der Waals surface area contributed by atoms with E-state index in [0.717, 1.165) is 44.9 Å². The molecule has 5 atom stereocenters. The summed E-state index contributed by atoms with van der Waals surface area (Å²) in [5.41, 5.74) is 5.16. The van der Waals surface area contributed by atoms with Crippen LogP contribution in [0.1, 0.15) is 79.1 Å². The Morgan fingerprint density at radius 1 is 0.946 bits per heavy atom. The Bertz CT molecular complexity index is 939. The zero-order chi connectivity index (χ0) is 27.1. The van der Waals surface area contributed by atoms with E-state index in [2.05, 4.69) is 29.8 Å². The third-order valence-corrected chi connectivity index (χ3v) is 9.00. The summed E-state index contributed by atoms with van der Waals surface area (Å²) >= 11 is 0. The lowest BCUT2D eigenvalue weighted by molar-refractivity contribution is -0.144. The van der Waals surface area contributed by atoms with E-state index >= 15 is 0 Å². The fraction of sp³-hybridized carbons (Fsp3) is 0.815. The van der Waals surface area contributed by atoms with E-state index in [1.807, 2.05) is 13.8 Å². The number of piperidine rings is 1. The summed E-state index contributed by atoms with van der Waals surface area (Å²) in [6, 6.07) is -2.91. The number of hydrogen-bond acceptors (Lipinski definition) is 5. The van der Waals surface area contributed by atoms with Gasteiger partial charge in [-0.25, -0.2) is 4.79 Å². The van der Waals surface area contributed by atoms with Crippen molar-refractivity contribution in [2.24, 2.45) is 34.8 Å². The first-order valence-electron chi connectivity index (χ1n) is 13.9.